The van der Waals surface area contributed by atoms with Crippen molar-refractivity contribution < 1.29 is 0 Å². The third-order valence-corrected chi connectivity index (χ3v) is 3.91. The van der Waals surface area contributed by atoms with Crippen LogP contribution in [0.3, 0.4) is 0 Å². The monoisotopic (exact) mass is 239 g/mol. The molecule has 1 aromatic carbocycles. The van der Waals surface area contributed by atoms with E-state index in [1.165, 1.54) is 31.2 Å². The van der Waals surface area contributed by atoms with Gasteiger partial charge in [-0.25, -0.2) is 4.85 Å². The molecule has 1 nitrogen and oxygen atoms in total. The van der Waals surface area contributed by atoms with Crippen LogP contribution < -0.4 is 0 Å². The van der Waals surface area contributed by atoms with Crippen LogP contribution in [0.1, 0.15) is 50.5 Å². The Labute approximate surface area is 110 Å². The zero-order valence-corrected chi connectivity index (χ0v) is 11.1. The fourth-order valence-corrected chi connectivity index (χ4v) is 2.79. The second-order valence-corrected chi connectivity index (χ2v) is 5.15. The number of allylic oxidation sites excluding steroid dienone is 2. The summed E-state index contributed by atoms with van der Waals surface area (Å²) >= 11 is 0. The van der Waals surface area contributed by atoms with Crippen molar-refractivity contribution in [3.05, 3.63) is 53.4 Å². The molecule has 0 atom stereocenters. The van der Waals surface area contributed by atoms with E-state index in [0.717, 1.165) is 18.0 Å². The summed E-state index contributed by atoms with van der Waals surface area (Å²) in [4.78, 5) is 3.44. The van der Waals surface area contributed by atoms with Gasteiger partial charge in [-0.05, 0) is 49.5 Å². The number of rotatable bonds is 3. The highest BCUT2D eigenvalue weighted by atomic mass is 14.6. The zero-order valence-electron chi connectivity index (χ0n) is 11.1. The van der Waals surface area contributed by atoms with Crippen molar-refractivity contribution in [1.82, 2.24) is 0 Å². The minimum atomic E-state index is 0.705. The molecule has 1 fully saturated rings. The Morgan fingerprint density at radius 2 is 1.83 bits per heavy atom. The summed E-state index contributed by atoms with van der Waals surface area (Å²) < 4.78 is 0. The van der Waals surface area contributed by atoms with E-state index in [-0.39, 0.29) is 0 Å². The molecule has 94 valence electrons. The van der Waals surface area contributed by atoms with Gasteiger partial charge in [0, 0.05) is 0 Å². The molecule has 0 aliphatic heterocycles. The van der Waals surface area contributed by atoms with Gasteiger partial charge in [-0.3, -0.25) is 0 Å². The van der Waals surface area contributed by atoms with Crippen molar-refractivity contribution in [2.75, 3.05) is 0 Å². The average molecular weight is 239 g/mol. The molecular weight excluding hydrogens is 218 g/mol. The van der Waals surface area contributed by atoms with Crippen LogP contribution in [0.15, 0.2) is 36.4 Å². The van der Waals surface area contributed by atoms with Gasteiger partial charge in [-0.15, -0.1) is 0 Å². The lowest BCUT2D eigenvalue weighted by Gasteiger charge is -2.27. The fourth-order valence-electron chi connectivity index (χ4n) is 2.79. The molecule has 1 aliphatic rings. The predicted molar refractivity (Wildman–Crippen MR) is 76.8 cm³/mol. The van der Waals surface area contributed by atoms with Crippen molar-refractivity contribution in [2.24, 2.45) is 5.92 Å². The summed E-state index contributed by atoms with van der Waals surface area (Å²) in [6, 6.07) is 8.18. The zero-order chi connectivity index (χ0) is 12.8. The predicted octanol–water partition coefficient (Wildman–Crippen LogP) is 5.48. The van der Waals surface area contributed by atoms with Crippen molar-refractivity contribution in [3.8, 4) is 0 Å². The molecule has 0 saturated heterocycles. The molecule has 1 aromatic rings. The maximum Gasteiger partial charge on any atom is 0.187 e. The summed E-state index contributed by atoms with van der Waals surface area (Å²) in [5, 5.41) is 0. The topological polar surface area (TPSA) is 4.36 Å². The van der Waals surface area contributed by atoms with Gasteiger partial charge in [-0.1, -0.05) is 43.3 Å². The second-order valence-electron chi connectivity index (χ2n) is 5.15. The Morgan fingerprint density at radius 1 is 1.17 bits per heavy atom. The van der Waals surface area contributed by atoms with E-state index in [4.69, 9.17) is 6.57 Å². The van der Waals surface area contributed by atoms with Crippen LogP contribution in [0.2, 0.25) is 0 Å². The van der Waals surface area contributed by atoms with Crippen molar-refractivity contribution in [3.63, 3.8) is 0 Å². The van der Waals surface area contributed by atoms with Gasteiger partial charge >= 0.3 is 0 Å². The molecule has 0 heterocycles. The molecular formula is C17H21N. The average Bonchev–Trinajstić information content (AvgIpc) is 2.46. The molecule has 1 saturated carbocycles. The minimum Gasteiger partial charge on any atom is -0.238 e. The highest BCUT2D eigenvalue weighted by molar-refractivity contribution is 5.46. The van der Waals surface area contributed by atoms with Crippen LogP contribution in [0.4, 0.5) is 5.69 Å². The van der Waals surface area contributed by atoms with Crippen LogP contribution in [0.25, 0.3) is 4.85 Å². The molecule has 2 rings (SSSR count). The van der Waals surface area contributed by atoms with Crippen LogP contribution >= 0.6 is 0 Å². The highest BCUT2D eigenvalue weighted by Crippen LogP contribution is 2.36. The fraction of sp³-hybridized carbons (Fsp3) is 0.471. The van der Waals surface area contributed by atoms with Gasteiger partial charge in [0.2, 0.25) is 0 Å². The maximum atomic E-state index is 6.97. The first-order valence-corrected chi connectivity index (χ1v) is 6.97. The summed E-state index contributed by atoms with van der Waals surface area (Å²) in [5.41, 5.74) is 2.17. The number of nitrogens with zero attached hydrogens (tertiary/aromatic N) is 1. The van der Waals surface area contributed by atoms with Crippen LogP contribution in [-0.4, -0.2) is 0 Å². The molecule has 0 amide bonds. The van der Waals surface area contributed by atoms with E-state index in [1.807, 2.05) is 12.1 Å². The largest absolute Gasteiger partial charge is 0.238 e. The Bertz CT molecular complexity index is 428. The molecule has 1 aliphatic carbocycles. The van der Waals surface area contributed by atoms with Gasteiger partial charge < -0.3 is 0 Å². The summed E-state index contributed by atoms with van der Waals surface area (Å²) in [7, 11) is 0. The number of hydrogen-bond acceptors (Lipinski definition) is 0. The SMILES string of the molecule is [C-]#[N+]c1ccc(C2CCC(/C=C/CC)CC2)cc1. The van der Waals surface area contributed by atoms with E-state index >= 15 is 0 Å². The first-order chi connectivity index (χ1) is 8.83. The molecule has 18 heavy (non-hydrogen) atoms. The second kappa shape index (κ2) is 6.40. The number of benzene rings is 1. The Balaban J connectivity index is 1.93. The van der Waals surface area contributed by atoms with Crippen LogP contribution in [0, 0.1) is 12.5 Å². The summed E-state index contributed by atoms with van der Waals surface area (Å²) in [5.74, 6) is 1.50. The Kier molecular flexibility index (Phi) is 4.59. The highest BCUT2D eigenvalue weighted by Gasteiger charge is 2.20. The first-order valence-electron chi connectivity index (χ1n) is 6.97. The quantitative estimate of drug-likeness (QED) is 0.486. The van der Waals surface area contributed by atoms with Crippen molar-refractivity contribution in [1.29, 1.82) is 0 Å². The summed E-state index contributed by atoms with van der Waals surface area (Å²) in [6.07, 6.45) is 11.1. The number of hydrogen-bond donors (Lipinski definition) is 0. The normalized spacial score (nSPS) is 24.0. The van der Waals surface area contributed by atoms with E-state index in [9.17, 15) is 0 Å². The van der Waals surface area contributed by atoms with Gasteiger partial charge in [0.1, 0.15) is 0 Å². The van der Waals surface area contributed by atoms with E-state index in [2.05, 4.69) is 36.1 Å². The Hall–Kier alpha value is -1.55. The lowest BCUT2D eigenvalue weighted by molar-refractivity contribution is 0.375. The molecule has 0 spiro atoms. The van der Waals surface area contributed by atoms with Gasteiger partial charge in [0.15, 0.2) is 5.69 Å². The van der Waals surface area contributed by atoms with Gasteiger partial charge in [0.05, 0.1) is 6.57 Å². The van der Waals surface area contributed by atoms with Crippen molar-refractivity contribution in [2.45, 2.75) is 44.9 Å². The molecule has 1 heteroatoms. The van der Waals surface area contributed by atoms with E-state index < -0.39 is 0 Å². The van der Waals surface area contributed by atoms with Gasteiger partial charge in [-0.2, -0.15) is 0 Å². The molecule has 0 aromatic heterocycles. The summed E-state index contributed by atoms with van der Waals surface area (Å²) in [6.45, 7) is 9.16. The van der Waals surface area contributed by atoms with Gasteiger partial charge in [0.25, 0.3) is 0 Å². The van der Waals surface area contributed by atoms with Crippen LogP contribution in [0.5, 0.6) is 0 Å². The third kappa shape index (κ3) is 3.23. The van der Waals surface area contributed by atoms with E-state index in [1.54, 1.807) is 0 Å². The molecule has 0 unspecified atom stereocenters. The maximum absolute atomic E-state index is 6.97. The smallest absolute Gasteiger partial charge is 0.187 e. The first kappa shape index (κ1) is 12.9. The molecule has 0 radical (unpaired) electrons. The van der Waals surface area contributed by atoms with E-state index in [0.29, 0.717) is 5.92 Å². The van der Waals surface area contributed by atoms with Crippen LogP contribution in [-0.2, 0) is 0 Å². The standard InChI is InChI=1S/C17H21N/c1-3-4-5-14-6-8-15(9-7-14)16-10-12-17(18-2)13-11-16/h4-5,10-15H,3,6-9H2,1H3/b5-4+. The lowest BCUT2D eigenvalue weighted by atomic mass is 9.78. The third-order valence-electron chi connectivity index (χ3n) is 3.91. The molecule has 0 bridgehead atoms. The molecule has 0 N–H and O–H groups in total. The lowest BCUT2D eigenvalue weighted by Crippen LogP contribution is -2.11. The van der Waals surface area contributed by atoms with Crippen molar-refractivity contribution >= 4 is 5.69 Å². The Morgan fingerprint density at radius 3 is 2.39 bits per heavy atom. The minimum absolute atomic E-state index is 0.705.